The molecule has 1 aromatic heterocycles. The number of halogens is 4. The van der Waals surface area contributed by atoms with E-state index in [4.69, 9.17) is 0 Å². The van der Waals surface area contributed by atoms with Crippen LogP contribution in [-0.2, 0) is 19.8 Å². The summed E-state index contributed by atoms with van der Waals surface area (Å²) in [6, 6.07) is 4.25. The Morgan fingerprint density at radius 2 is 1.85 bits per heavy atom. The number of imidazole rings is 1. The number of hydrogen-bond acceptors (Lipinski definition) is 1. The van der Waals surface area contributed by atoms with Gasteiger partial charge in [0.25, 0.3) is 0 Å². The van der Waals surface area contributed by atoms with E-state index in [0.29, 0.717) is 0 Å². The highest BCUT2D eigenvalue weighted by molar-refractivity contribution is 5.95. The Morgan fingerprint density at radius 3 is 2.30 bits per heavy atom. The van der Waals surface area contributed by atoms with Gasteiger partial charge in [0.15, 0.2) is 6.54 Å². The Balaban J connectivity index is 0.00000200. The van der Waals surface area contributed by atoms with Gasteiger partial charge in [-0.2, -0.15) is 13.2 Å². The summed E-state index contributed by atoms with van der Waals surface area (Å²) in [5.74, 6) is -0.232. The molecule has 0 aliphatic carbocycles. The highest BCUT2D eigenvalue weighted by atomic mass is 79.9. The number of hydrogen-bond donors (Lipinski definition) is 0. The predicted octanol–water partition coefficient (Wildman–Crippen LogP) is -0.782. The van der Waals surface area contributed by atoms with Crippen molar-refractivity contribution in [1.29, 1.82) is 0 Å². The fraction of sp³-hybridized carbons (Fsp3) is 0.231. The second kappa shape index (κ2) is 6.21. The molecule has 7 heteroatoms. The molecule has 1 heterocycles. The molecule has 108 valence electrons. The van der Waals surface area contributed by atoms with Gasteiger partial charge in [-0.3, -0.25) is 4.79 Å². The van der Waals surface area contributed by atoms with Crippen molar-refractivity contribution in [1.82, 2.24) is 4.57 Å². The van der Waals surface area contributed by atoms with Crippen LogP contribution in [0.2, 0.25) is 0 Å². The van der Waals surface area contributed by atoms with Gasteiger partial charge in [-0.15, -0.1) is 0 Å². The molecule has 0 bridgehead atoms. The molecule has 0 saturated carbocycles. The maximum absolute atomic E-state index is 12.4. The third-order valence-electron chi connectivity index (χ3n) is 2.68. The number of Topliss-reactive ketones (excluding diaryl/α,β-unsaturated/α-hetero) is 1. The second-order valence-electron chi connectivity index (χ2n) is 4.25. The molecule has 0 unspecified atom stereocenters. The summed E-state index contributed by atoms with van der Waals surface area (Å²) >= 11 is 0. The Labute approximate surface area is 124 Å². The van der Waals surface area contributed by atoms with Crippen molar-refractivity contribution in [3.05, 3.63) is 54.1 Å². The van der Waals surface area contributed by atoms with E-state index in [0.717, 1.165) is 12.1 Å². The molecule has 0 aliphatic heterocycles. The first kappa shape index (κ1) is 16.4. The number of nitrogens with zero attached hydrogens (tertiary/aromatic N) is 2. The molecule has 0 N–H and O–H groups in total. The summed E-state index contributed by atoms with van der Waals surface area (Å²) < 4.78 is 40.6. The van der Waals surface area contributed by atoms with Crippen LogP contribution in [0, 0.1) is 0 Å². The number of benzene rings is 1. The predicted molar refractivity (Wildman–Crippen MR) is 61.4 cm³/mol. The summed E-state index contributed by atoms with van der Waals surface area (Å²) in [5.41, 5.74) is -0.485. The lowest BCUT2D eigenvalue weighted by Crippen LogP contribution is -3.00. The highest BCUT2D eigenvalue weighted by Gasteiger charge is 2.30. The van der Waals surface area contributed by atoms with Crippen LogP contribution in [0.5, 0.6) is 0 Å². The first-order chi connectivity index (χ1) is 8.86. The SMILES string of the molecule is C[n+]1ccn(CC(=O)c2ccc(C(F)(F)F)cc2)c1.[Br-]. The van der Waals surface area contributed by atoms with E-state index < -0.39 is 11.7 Å². The van der Waals surface area contributed by atoms with Crippen LogP contribution >= 0.6 is 0 Å². The van der Waals surface area contributed by atoms with E-state index in [9.17, 15) is 18.0 Å². The van der Waals surface area contributed by atoms with E-state index in [-0.39, 0.29) is 34.9 Å². The van der Waals surface area contributed by atoms with Crippen molar-refractivity contribution >= 4 is 5.78 Å². The molecular weight excluding hydrogens is 337 g/mol. The van der Waals surface area contributed by atoms with Crippen LogP contribution in [0.15, 0.2) is 43.0 Å². The third kappa shape index (κ3) is 3.93. The number of carbonyl (C=O) groups excluding carboxylic acids is 1. The largest absolute Gasteiger partial charge is 1.00 e. The molecule has 0 saturated heterocycles. The van der Waals surface area contributed by atoms with Crippen LogP contribution in [-0.4, -0.2) is 10.4 Å². The van der Waals surface area contributed by atoms with Crippen LogP contribution in [0.1, 0.15) is 15.9 Å². The van der Waals surface area contributed by atoms with E-state index in [1.807, 2.05) is 7.05 Å². The lowest BCUT2D eigenvalue weighted by Gasteiger charge is -2.06. The van der Waals surface area contributed by atoms with E-state index in [1.54, 1.807) is 27.9 Å². The lowest BCUT2D eigenvalue weighted by molar-refractivity contribution is -0.671. The zero-order valence-electron chi connectivity index (χ0n) is 10.6. The summed E-state index contributed by atoms with van der Waals surface area (Å²) in [6.45, 7) is 0.103. The average Bonchev–Trinajstić information content (AvgIpc) is 2.74. The van der Waals surface area contributed by atoms with Crippen LogP contribution < -0.4 is 21.5 Å². The minimum atomic E-state index is -4.38. The molecule has 0 atom stereocenters. The topological polar surface area (TPSA) is 25.9 Å². The molecular formula is C13H12BrF3N2O. The number of carbonyl (C=O) groups is 1. The van der Waals surface area contributed by atoms with Gasteiger partial charge in [0.2, 0.25) is 12.1 Å². The molecule has 0 amide bonds. The lowest BCUT2D eigenvalue weighted by atomic mass is 10.1. The number of ketones is 1. The number of aromatic nitrogens is 2. The molecule has 0 radical (unpaired) electrons. The molecule has 0 aliphatic rings. The van der Waals surface area contributed by atoms with Gasteiger partial charge in [0.05, 0.1) is 12.6 Å². The molecule has 0 spiro atoms. The average molecular weight is 349 g/mol. The Morgan fingerprint density at radius 1 is 1.25 bits per heavy atom. The molecule has 3 nitrogen and oxygen atoms in total. The zero-order chi connectivity index (χ0) is 14.0. The van der Waals surface area contributed by atoms with Gasteiger partial charge >= 0.3 is 6.18 Å². The Bertz CT molecular complexity index is 590. The molecule has 0 fully saturated rings. The fourth-order valence-electron chi connectivity index (χ4n) is 1.70. The van der Waals surface area contributed by atoms with E-state index in [2.05, 4.69) is 0 Å². The van der Waals surface area contributed by atoms with Crippen LogP contribution in [0.4, 0.5) is 13.2 Å². The molecule has 2 aromatic rings. The van der Waals surface area contributed by atoms with Crippen molar-refractivity contribution in [2.75, 3.05) is 0 Å². The Kier molecular flexibility index (Phi) is 5.10. The van der Waals surface area contributed by atoms with Gasteiger partial charge in [-0.05, 0) is 12.1 Å². The van der Waals surface area contributed by atoms with Gasteiger partial charge in [0.1, 0.15) is 12.4 Å². The molecule has 2 rings (SSSR count). The number of alkyl halides is 3. The van der Waals surface area contributed by atoms with Gasteiger partial charge in [0, 0.05) is 5.56 Å². The molecule has 20 heavy (non-hydrogen) atoms. The highest BCUT2D eigenvalue weighted by Crippen LogP contribution is 2.29. The van der Waals surface area contributed by atoms with Gasteiger partial charge in [-0.1, -0.05) is 12.1 Å². The summed E-state index contributed by atoms with van der Waals surface area (Å²) in [5, 5.41) is 0. The minimum absolute atomic E-state index is 0. The third-order valence-corrected chi connectivity index (χ3v) is 2.68. The van der Waals surface area contributed by atoms with Gasteiger partial charge in [-0.25, -0.2) is 9.13 Å². The van der Waals surface area contributed by atoms with Crippen molar-refractivity contribution in [2.24, 2.45) is 7.05 Å². The standard InChI is InChI=1S/C13H12F3N2O.BrH/c1-17-6-7-18(9-17)8-12(19)10-2-4-11(5-3-10)13(14,15)16;/h2-7,9H,8H2,1H3;1H/q+1;/p-1. The number of aryl methyl sites for hydroxylation is 1. The van der Waals surface area contributed by atoms with Crippen LogP contribution in [0.3, 0.4) is 0 Å². The molecule has 1 aromatic carbocycles. The monoisotopic (exact) mass is 348 g/mol. The Hall–Kier alpha value is -1.63. The first-order valence-corrected chi connectivity index (χ1v) is 5.58. The van der Waals surface area contributed by atoms with Crippen LogP contribution in [0.25, 0.3) is 0 Å². The van der Waals surface area contributed by atoms with Crippen molar-refractivity contribution < 1.29 is 39.5 Å². The van der Waals surface area contributed by atoms with Gasteiger partial charge < -0.3 is 17.0 Å². The smallest absolute Gasteiger partial charge is 0.416 e. The number of rotatable bonds is 3. The van der Waals surface area contributed by atoms with Crippen molar-refractivity contribution in [3.63, 3.8) is 0 Å². The minimum Gasteiger partial charge on any atom is -1.00 e. The summed E-state index contributed by atoms with van der Waals surface area (Å²) in [4.78, 5) is 11.9. The second-order valence-corrected chi connectivity index (χ2v) is 4.25. The van der Waals surface area contributed by atoms with Crippen molar-refractivity contribution in [3.8, 4) is 0 Å². The van der Waals surface area contributed by atoms with E-state index in [1.165, 1.54) is 12.1 Å². The van der Waals surface area contributed by atoms with E-state index >= 15 is 0 Å². The normalized spacial score (nSPS) is 11.0. The summed E-state index contributed by atoms with van der Waals surface area (Å²) in [6.07, 6.45) is 0.847. The maximum atomic E-state index is 12.4. The fourth-order valence-corrected chi connectivity index (χ4v) is 1.70. The summed E-state index contributed by atoms with van der Waals surface area (Å²) in [7, 11) is 1.82. The maximum Gasteiger partial charge on any atom is 0.416 e. The first-order valence-electron chi connectivity index (χ1n) is 5.58. The van der Waals surface area contributed by atoms with Crippen molar-refractivity contribution in [2.45, 2.75) is 12.7 Å². The quantitative estimate of drug-likeness (QED) is 0.527. The zero-order valence-corrected chi connectivity index (χ0v) is 12.1.